The number of hydrogen-bond donors (Lipinski definition) is 2. The van der Waals surface area contributed by atoms with Crippen LogP contribution in [0.15, 0.2) is 47.4 Å². The molecule has 0 saturated heterocycles. The average Bonchev–Trinajstić information content (AvgIpc) is 2.64. The first-order valence-corrected chi connectivity index (χ1v) is 9.05. The molecule has 2 N–H and O–H groups in total. The number of aliphatic hydroxyl groups is 1. The molecule has 0 bridgehead atoms. The summed E-state index contributed by atoms with van der Waals surface area (Å²) >= 11 is 5.82. The molecule has 0 radical (unpaired) electrons. The van der Waals surface area contributed by atoms with Gasteiger partial charge in [0.25, 0.3) is 0 Å². The SMILES string of the molecule is CNC.Cc1cn(CCO)c2ccc(Cc3cccc(Cl)c3F)cc2c1=O. The molecule has 1 aromatic heterocycles. The number of aryl methyl sites for hydroxylation is 1. The van der Waals surface area contributed by atoms with E-state index in [0.717, 1.165) is 11.1 Å². The molecule has 4 nitrogen and oxygen atoms in total. The summed E-state index contributed by atoms with van der Waals surface area (Å²) < 4.78 is 15.9. The molecule has 1 heterocycles. The number of fused-ring (bicyclic) bond motifs is 1. The summed E-state index contributed by atoms with van der Waals surface area (Å²) in [4.78, 5) is 12.4. The second kappa shape index (κ2) is 9.65. The van der Waals surface area contributed by atoms with Crippen LogP contribution in [-0.2, 0) is 13.0 Å². The zero-order valence-electron chi connectivity index (χ0n) is 15.7. The van der Waals surface area contributed by atoms with E-state index in [0.29, 0.717) is 29.5 Å². The van der Waals surface area contributed by atoms with Crippen LogP contribution in [0.5, 0.6) is 0 Å². The lowest BCUT2D eigenvalue weighted by atomic mass is 10.0. The fourth-order valence-corrected chi connectivity index (χ4v) is 3.09. The minimum absolute atomic E-state index is 0.00706. The Bertz CT molecular complexity index is 986. The molecule has 27 heavy (non-hydrogen) atoms. The van der Waals surface area contributed by atoms with Crippen LogP contribution in [0.1, 0.15) is 16.7 Å². The van der Waals surface area contributed by atoms with E-state index in [1.807, 2.05) is 30.8 Å². The predicted octanol–water partition coefficient (Wildman–Crippen LogP) is 3.52. The molecule has 144 valence electrons. The van der Waals surface area contributed by atoms with Crippen LogP contribution < -0.4 is 10.7 Å². The first-order valence-electron chi connectivity index (χ1n) is 8.67. The van der Waals surface area contributed by atoms with Crippen LogP contribution in [0.4, 0.5) is 4.39 Å². The summed E-state index contributed by atoms with van der Waals surface area (Å²) in [6.07, 6.45) is 2.10. The Morgan fingerprint density at radius 3 is 2.59 bits per heavy atom. The molecule has 0 aliphatic rings. The van der Waals surface area contributed by atoms with Gasteiger partial charge >= 0.3 is 0 Å². The molecule has 0 fully saturated rings. The molecular formula is C21H24ClFN2O2. The highest BCUT2D eigenvalue weighted by Gasteiger charge is 2.10. The number of nitrogens with zero attached hydrogens (tertiary/aromatic N) is 1. The lowest BCUT2D eigenvalue weighted by molar-refractivity contribution is 0.277. The van der Waals surface area contributed by atoms with Gasteiger partial charge in [0.05, 0.1) is 17.1 Å². The smallest absolute Gasteiger partial charge is 0.192 e. The fraction of sp³-hybridized carbons (Fsp3) is 0.286. The van der Waals surface area contributed by atoms with Gasteiger partial charge in [-0.1, -0.05) is 29.8 Å². The van der Waals surface area contributed by atoms with E-state index >= 15 is 0 Å². The molecule has 0 aliphatic carbocycles. The molecule has 0 spiro atoms. The third-order valence-electron chi connectivity index (χ3n) is 4.09. The van der Waals surface area contributed by atoms with Crippen molar-refractivity contribution in [3.63, 3.8) is 0 Å². The van der Waals surface area contributed by atoms with E-state index in [9.17, 15) is 14.3 Å². The number of hydrogen-bond acceptors (Lipinski definition) is 3. The van der Waals surface area contributed by atoms with E-state index in [2.05, 4.69) is 5.32 Å². The number of pyridine rings is 1. The molecule has 6 heteroatoms. The number of aromatic nitrogens is 1. The maximum atomic E-state index is 14.1. The largest absolute Gasteiger partial charge is 0.395 e. The van der Waals surface area contributed by atoms with Crippen molar-refractivity contribution in [2.45, 2.75) is 19.9 Å². The number of halogens is 2. The Hall–Kier alpha value is -2.21. The summed E-state index contributed by atoms with van der Waals surface area (Å²) in [6, 6.07) is 10.4. The molecule has 3 aromatic rings. The van der Waals surface area contributed by atoms with Crippen molar-refractivity contribution in [3.8, 4) is 0 Å². The Labute approximate surface area is 163 Å². The summed E-state index contributed by atoms with van der Waals surface area (Å²) in [6.45, 7) is 2.16. The van der Waals surface area contributed by atoms with Crippen molar-refractivity contribution in [2.75, 3.05) is 20.7 Å². The molecule has 3 rings (SSSR count). The molecular weight excluding hydrogens is 367 g/mol. The number of aliphatic hydroxyl groups excluding tert-OH is 1. The van der Waals surface area contributed by atoms with Gasteiger partial charge in [0.2, 0.25) is 0 Å². The predicted molar refractivity (Wildman–Crippen MR) is 109 cm³/mol. The van der Waals surface area contributed by atoms with Gasteiger partial charge in [-0.15, -0.1) is 0 Å². The maximum Gasteiger partial charge on any atom is 0.192 e. The fourth-order valence-electron chi connectivity index (χ4n) is 2.90. The maximum absolute atomic E-state index is 14.1. The van der Waals surface area contributed by atoms with Crippen molar-refractivity contribution in [1.82, 2.24) is 9.88 Å². The summed E-state index contributed by atoms with van der Waals surface area (Å²) in [5, 5.41) is 12.6. The monoisotopic (exact) mass is 390 g/mol. The third-order valence-corrected chi connectivity index (χ3v) is 4.38. The Morgan fingerprint density at radius 2 is 1.93 bits per heavy atom. The van der Waals surface area contributed by atoms with Gasteiger partial charge in [-0.2, -0.15) is 0 Å². The lowest BCUT2D eigenvalue weighted by Gasteiger charge is -2.12. The number of nitrogens with one attached hydrogen (secondary N) is 1. The molecule has 0 atom stereocenters. The zero-order chi connectivity index (χ0) is 20.0. The van der Waals surface area contributed by atoms with E-state index in [1.54, 1.807) is 31.3 Å². The minimum Gasteiger partial charge on any atom is -0.395 e. The van der Waals surface area contributed by atoms with Crippen LogP contribution in [0.3, 0.4) is 0 Å². The molecule has 2 aromatic carbocycles. The Morgan fingerprint density at radius 1 is 1.22 bits per heavy atom. The highest BCUT2D eigenvalue weighted by atomic mass is 35.5. The van der Waals surface area contributed by atoms with E-state index in [1.165, 1.54) is 6.07 Å². The molecule has 0 amide bonds. The molecule has 0 saturated carbocycles. The van der Waals surface area contributed by atoms with Crippen molar-refractivity contribution in [1.29, 1.82) is 0 Å². The highest BCUT2D eigenvalue weighted by Crippen LogP contribution is 2.22. The quantitative estimate of drug-likeness (QED) is 0.716. The van der Waals surface area contributed by atoms with Gasteiger partial charge in [0.1, 0.15) is 5.82 Å². The van der Waals surface area contributed by atoms with Crippen LogP contribution in [-0.4, -0.2) is 30.4 Å². The van der Waals surface area contributed by atoms with Crippen LogP contribution in [0.25, 0.3) is 10.9 Å². The Balaban J connectivity index is 0.000000817. The first kappa shape index (κ1) is 21.1. The minimum atomic E-state index is -0.429. The average molecular weight is 391 g/mol. The Kier molecular flexibility index (Phi) is 7.54. The zero-order valence-corrected chi connectivity index (χ0v) is 16.5. The van der Waals surface area contributed by atoms with Gasteiger partial charge in [-0.05, 0) is 50.3 Å². The van der Waals surface area contributed by atoms with Gasteiger partial charge in [0.15, 0.2) is 5.43 Å². The van der Waals surface area contributed by atoms with Gasteiger partial charge < -0.3 is 15.0 Å². The molecule has 0 aliphatic heterocycles. The van der Waals surface area contributed by atoms with Crippen molar-refractivity contribution < 1.29 is 9.50 Å². The standard InChI is InChI=1S/C19H17ClFNO2.C2H7N/c1-12-11-22(7-8-23)17-6-5-13(10-15(17)19(12)24)9-14-3-2-4-16(20)18(14)21;1-3-2/h2-6,10-11,23H,7-9H2,1H3;3H,1-2H3. The van der Waals surface area contributed by atoms with Crippen LogP contribution >= 0.6 is 11.6 Å². The van der Waals surface area contributed by atoms with Crippen molar-refractivity contribution in [2.24, 2.45) is 0 Å². The van der Waals surface area contributed by atoms with Crippen molar-refractivity contribution >= 4 is 22.5 Å². The lowest BCUT2D eigenvalue weighted by Crippen LogP contribution is -2.14. The second-order valence-corrected chi connectivity index (χ2v) is 6.71. The van der Waals surface area contributed by atoms with Crippen molar-refractivity contribution in [3.05, 3.63) is 80.3 Å². The summed E-state index contributed by atoms with van der Waals surface area (Å²) in [5.74, 6) is -0.429. The second-order valence-electron chi connectivity index (χ2n) is 6.30. The molecule has 0 unspecified atom stereocenters. The topological polar surface area (TPSA) is 54.3 Å². The summed E-state index contributed by atoms with van der Waals surface area (Å²) in [5.41, 5.74) is 2.65. The van der Waals surface area contributed by atoms with E-state index in [4.69, 9.17) is 11.6 Å². The van der Waals surface area contributed by atoms with E-state index < -0.39 is 5.82 Å². The van der Waals surface area contributed by atoms with Crippen LogP contribution in [0, 0.1) is 12.7 Å². The van der Waals surface area contributed by atoms with Crippen LogP contribution in [0.2, 0.25) is 5.02 Å². The summed E-state index contributed by atoms with van der Waals surface area (Å²) in [7, 11) is 3.75. The normalized spacial score (nSPS) is 10.6. The third kappa shape index (κ3) is 4.95. The number of benzene rings is 2. The van der Waals surface area contributed by atoms with E-state index in [-0.39, 0.29) is 17.1 Å². The number of rotatable bonds is 4. The van der Waals surface area contributed by atoms with Gasteiger partial charge in [0, 0.05) is 30.1 Å². The first-order chi connectivity index (χ1) is 12.9. The highest BCUT2D eigenvalue weighted by molar-refractivity contribution is 6.30. The van der Waals surface area contributed by atoms with Gasteiger partial charge in [-0.25, -0.2) is 4.39 Å². The van der Waals surface area contributed by atoms with Gasteiger partial charge in [-0.3, -0.25) is 4.79 Å².